The van der Waals surface area contributed by atoms with Gasteiger partial charge in [0.15, 0.2) is 0 Å². The van der Waals surface area contributed by atoms with Gasteiger partial charge in [-0.3, -0.25) is 9.78 Å². The Morgan fingerprint density at radius 3 is 2.88 bits per heavy atom. The molecular weight excluding hydrogens is 346 g/mol. The van der Waals surface area contributed by atoms with Crippen LogP contribution in [0.25, 0.3) is 0 Å². The molecule has 0 saturated carbocycles. The van der Waals surface area contributed by atoms with E-state index in [1.54, 1.807) is 12.3 Å². The summed E-state index contributed by atoms with van der Waals surface area (Å²) in [6, 6.07) is 11.2. The predicted molar refractivity (Wildman–Crippen MR) is 107 cm³/mol. The molecule has 5 heteroatoms. The van der Waals surface area contributed by atoms with Gasteiger partial charge in [-0.2, -0.15) is 0 Å². The molecule has 1 amide bonds. The van der Waals surface area contributed by atoms with E-state index in [0.717, 1.165) is 24.2 Å². The first kappa shape index (κ1) is 18.5. The van der Waals surface area contributed by atoms with Crippen LogP contribution >= 0.6 is 11.6 Å². The Morgan fingerprint density at radius 1 is 1.19 bits per heavy atom. The molecule has 136 valence electrons. The standard InChI is InChI=1S/C21H24ClN3O/c22-19-9-5-4-8-17(19)15-25-21(26)20-14-18(11-13-24-20)23-12-10-16-6-2-1-3-7-16/h4-6,8-9,11,13-14H,1-3,7,10,12,15H2,(H,23,24)(H,25,26). The van der Waals surface area contributed by atoms with Gasteiger partial charge in [0, 0.05) is 30.0 Å². The lowest BCUT2D eigenvalue weighted by atomic mass is 9.97. The van der Waals surface area contributed by atoms with E-state index in [9.17, 15) is 4.79 Å². The lowest BCUT2D eigenvalue weighted by Crippen LogP contribution is -2.24. The fourth-order valence-electron chi connectivity index (χ4n) is 3.07. The van der Waals surface area contributed by atoms with E-state index in [1.807, 2.05) is 30.3 Å². The molecule has 26 heavy (non-hydrogen) atoms. The number of carbonyl (C=O) groups is 1. The Bertz CT molecular complexity index is 788. The molecule has 1 heterocycles. The minimum atomic E-state index is -0.205. The molecule has 0 unspecified atom stereocenters. The van der Waals surface area contributed by atoms with Crippen LogP contribution in [0, 0.1) is 0 Å². The Morgan fingerprint density at radius 2 is 2.08 bits per heavy atom. The van der Waals surface area contributed by atoms with E-state index in [-0.39, 0.29) is 5.91 Å². The number of amides is 1. The number of pyridine rings is 1. The SMILES string of the molecule is O=C(NCc1ccccc1Cl)c1cc(NCCC2=CCCCC2)ccn1. The first-order chi connectivity index (χ1) is 12.7. The van der Waals surface area contributed by atoms with Gasteiger partial charge in [-0.15, -0.1) is 0 Å². The number of rotatable bonds is 7. The number of carbonyl (C=O) groups excluding carboxylic acids is 1. The Kier molecular flexibility index (Phi) is 6.67. The Hall–Kier alpha value is -2.33. The highest BCUT2D eigenvalue weighted by Gasteiger charge is 2.09. The number of nitrogens with one attached hydrogen (secondary N) is 2. The third-order valence-electron chi connectivity index (χ3n) is 4.55. The summed E-state index contributed by atoms with van der Waals surface area (Å²) < 4.78 is 0. The monoisotopic (exact) mass is 369 g/mol. The highest BCUT2D eigenvalue weighted by Crippen LogP contribution is 2.20. The van der Waals surface area contributed by atoms with Gasteiger partial charge in [0.05, 0.1) is 0 Å². The van der Waals surface area contributed by atoms with Crippen molar-refractivity contribution in [2.24, 2.45) is 0 Å². The molecule has 2 N–H and O–H groups in total. The molecule has 1 aliphatic carbocycles. The average Bonchev–Trinajstić information content (AvgIpc) is 2.68. The van der Waals surface area contributed by atoms with Crippen LogP contribution in [0.1, 0.15) is 48.2 Å². The van der Waals surface area contributed by atoms with Gasteiger partial charge in [0.2, 0.25) is 0 Å². The van der Waals surface area contributed by atoms with E-state index in [2.05, 4.69) is 21.7 Å². The molecule has 0 fully saturated rings. The second kappa shape index (κ2) is 9.39. The van der Waals surface area contributed by atoms with Gasteiger partial charge < -0.3 is 10.6 Å². The van der Waals surface area contributed by atoms with E-state index >= 15 is 0 Å². The summed E-state index contributed by atoms with van der Waals surface area (Å²) in [7, 11) is 0. The fourth-order valence-corrected chi connectivity index (χ4v) is 3.27. The van der Waals surface area contributed by atoms with Gasteiger partial charge in [0.25, 0.3) is 5.91 Å². The van der Waals surface area contributed by atoms with Crippen molar-refractivity contribution in [2.75, 3.05) is 11.9 Å². The lowest BCUT2D eigenvalue weighted by molar-refractivity contribution is 0.0946. The first-order valence-corrected chi connectivity index (χ1v) is 9.49. The van der Waals surface area contributed by atoms with Gasteiger partial charge in [-0.1, -0.05) is 41.4 Å². The van der Waals surface area contributed by atoms with Gasteiger partial charge in [-0.25, -0.2) is 0 Å². The first-order valence-electron chi connectivity index (χ1n) is 9.12. The molecule has 3 rings (SSSR count). The molecule has 0 spiro atoms. The quantitative estimate of drug-likeness (QED) is 0.677. The third-order valence-corrected chi connectivity index (χ3v) is 4.92. The maximum absolute atomic E-state index is 12.3. The van der Waals surface area contributed by atoms with Gasteiger partial charge in [0.1, 0.15) is 5.69 Å². The predicted octanol–water partition coefficient (Wildman–Crippen LogP) is 4.97. The Balaban J connectivity index is 1.52. The average molecular weight is 370 g/mol. The number of halogens is 1. The van der Waals surface area contributed by atoms with E-state index < -0.39 is 0 Å². The maximum Gasteiger partial charge on any atom is 0.270 e. The number of anilines is 1. The summed E-state index contributed by atoms with van der Waals surface area (Å²) in [5.41, 5.74) is 3.74. The normalized spacial score (nSPS) is 13.8. The zero-order valence-electron chi connectivity index (χ0n) is 14.8. The number of hydrogen-bond acceptors (Lipinski definition) is 3. The van der Waals surface area contributed by atoms with Gasteiger partial charge >= 0.3 is 0 Å². The zero-order valence-corrected chi connectivity index (χ0v) is 15.6. The second-order valence-electron chi connectivity index (χ2n) is 6.49. The summed E-state index contributed by atoms with van der Waals surface area (Å²) in [5, 5.41) is 6.90. The van der Waals surface area contributed by atoms with Crippen LogP contribution in [0.3, 0.4) is 0 Å². The van der Waals surface area contributed by atoms with E-state index in [4.69, 9.17) is 11.6 Å². The summed E-state index contributed by atoms with van der Waals surface area (Å²) in [4.78, 5) is 16.5. The summed E-state index contributed by atoms with van der Waals surface area (Å²) in [6.45, 7) is 1.25. The van der Waals surface area contributed by atoms with Crippen molar-refractivity contribution >= 4 is 23.2 Å². The minimum absolute atomic E-state index is 0.205. The summed E-state index contributed by atoms with van der Waals surface area (Å²) in [6.07, 6.45) is 10.1. The topological polar surface area (TPSA) is 54.0 Å². The van der Waals surface area contributed by atoms with Crippen molar-refractivity contribution in [2.45, 2.75) is 38.6 Å². The van der Waals surface area contributed by atoms with Crippen LogP contribution in [-0.2, 0) is 6.54 Å². The molecule has 4 nitrogen and oxygen atoms in total. The maximum atomic E-state index is 12.3. The van der Waals surface area contributed by atoms with Crippen LogP contribution in [0.2, 0.25) is 5.02 Å². The van der Waals surface area contributed by atoms with Crippen LogP contribution in [0.5, 0.6) is 0 Å². The van der Waals surface area contributed by atoms with Gasteiger partial charge in [-0.05, 0) is 55.9 Å². The molecule has 1 aromatic carbocycles. The second-order valence-corrected chi connectivity index (χ2v) is 6.90. The van der Waals surface area contributed by atoms with Crippen molar-refractivity contribution < 1.29 is 4.79 Å². The van der Waals surface area contributed by atoms with E-state index in [1.165, 1.54) is 31.3 Å². The minimum Gasteiger partial charge on any atom is -0.385 e. The smallest absolute Gasteiger partial charge is 0.270 e. The van der Waals surface area contributed by atoms with Crippen molar-refractivity contribution in [3.8, 4) is 0 Å². The van der Waals surface area contributed by atoms with Crippen LogP contribution < -0.4 is 10.6 Å². The zero-order chi connectivity index (χ0) is 18.2. The largest absolute Gasteiger partial charge is 0.385 e. The lowest BCUT2D eigenvalue weighted by Gasteiger charge is -2.13. The van der Waals surface area contributed by atoms with E-state index in [0.29, 0.717) is 17.3 Å². The molecule has 0 saturated heterocycles. The van der Waals surface area contributed by atoms with Crippen LogP contribution in [-0.4, -0.2) is 17.4 Å². The molecule has 0 bridgehead atoms. The molecule has 0 aliphatic heterocycles. The number of hydrogen-bond donors (Lipinski definition) is 2. The molecule has 0 radical (unpaired) electrons. The molecule has 1 aromatic heterocycles. The van der Waals surface area contributed by atoms with Crippen molar-refractivity contribution in [1.82, 2.24) is 10.3 Å². The summed E-state index contributed by atoms with van der Waals surface area (Å²) in [5.74, 6) is -0.205. The molecular formula is C21H24ClN3O. The molecule has 2 aromatic rings. The highest BCUT2D eigenvalue weighted by molar-refractivity contribution is 6.31. The van der Waals surface area contributed by atoms with Crippen LogP contribution in [0.4, 0.5) is 5.69 Å². The fraction of sp³-hybridized carbons (Fsp3) is 0.333. The molecule has 0 atom stereocenters. The van der Waals surface area contributed by atoms with Crippen molar-refractivity contribution in [3.63, 3.8) is 0 Å². The Labute approximate surface area is 159 Å². The number of nitrogens with zero attached hydrogens (tertiary/aromatic N) is 1. The van der Waals surface area contributed by atoms with Crippen molar-refractivity contribution in [3.05, 3.63) is 70.5 Å². The van der Waals surface area contributed by atoms with Crippen LogP contribution in [0.15, 0.2) is 54.2 Å². The number of aromatic nitrogens is 1. The molecule has 1 aliphatic rings. The summed E-state index contributed by atoms with van der Waals surface area (Å²) >= 11 is 6.12. The number of benzene rings is 1. The highest BCUT2D eigenvalue weighted by atomic mass is 35.5. The number of allylic oxidation sites excluding steroid dienone is 1. The van der Waals surface area contributed by atoms with Crippen molar-refractivity contribution in [1.29, 1.82) is 0 Å². The third kappa shape index (κ3) is 5.33.